The van der Waals surface area contributed by atoms with Gasteiger partial charge in [-0.3, -0.25) is 14.5 Å². The summed E-state index contributed by atoms with van der Waals surface area (Å²) in [5.74, 6) is 0.441. The minimum atomic E-state index is -0.472. The zero-order valence-corrected chi connectivity index (χ0v) is 12.2. The lowest BCUT2D eigenvalue weighted by molar-refractivity contribution is -0.128. The van der Waals surface area contributed by atoms with Gasteiger partial charge in [0, 0.05) is 12.6 Å². The molecule has 0 unspecified atom stereocenters. The van der Waals surface area contributed by atoms with Crippen molar-refractivity contribution in [3.8, 4) is 0 Å². The van der Waals surface area contributed by atoms with E-state index in [1.807, 2.05) is 0 Å². The first kappa shape index (κ1) is 14.0. The molecule has 1 saturated carbocycles. The lowest BCUT2D eigenvalue weighted by Crippen LogP contribution is -2.43. The van der Waals surface area contributed by atoms with Gasteiger partial charge in [0.05, 0.1) is 12.0 Å². The van der Waals surface area contributed by atoms with Gasteiger partial charge in [-0.15, -0.1) is 0 Å². The SMILES string of the molecule is CCN1C(=O)Cc2oc(=O)cc(CCCC3CC3)c2C1=O. The zero-order valence-electron chi connectivity index (χ0n) is 12.2. The summed E-state index contributed by atoms with van der Waals surface area (Å²) in [4.78, 5) is 37.2. The number of fused-ring (bicyclic) bond motifs is 1. The van der Waals surface area contributed by atoms with Crippen LogP contribution >= 0.6 is 0 Å². The molecule has 21 heavy (non-hydrogen) atoms. The average Bonchev–Trinajstić information content (AvgIpc) is 3.22. The third-order valence-corrected chi connectivity index (χ3v) is 4.26. The third-order valence-electron chi connectivity index (χ3n) is 4.26. The number of rotatable bonds is 5. The molecule has 2 heterocycles. The molecule has 1 aliphatic carbocycles. The molecule has 3 rings (SSSR count). The number of hydrogen-bond acceptors (Lipinski definition) is 4. The van der Waals surface area contributed by atoms with E-state index >= 15 is 0 Å². The Hall–Kier alpha value is -1.91. The molecule has 2 aliphatic rings. The van der Waals surface area contributed by atoms with Crippen LogP contribution in [0.25, 0.3) is 0 Å². The van der Waals surface area contributed by atoms with Crippen LogP contribution in [0.15, 0.2) is 15.3 Å². The second-order valence-electron chi connectivity index (χ2n) is 5.84. The second kappa shape index (κ2) is 5.47. The minimum Gasteiger partial charge on any atom is -0.426 e. The summed E-state index contributed by atoms with van der Waals surface area (Å²) in [6.45, 7) is 2.12. The third kappa shape index (κ3) is 2.77. The molecule has 5 nitrogen and oxygen atoms in total. The van der Waals surface area contributed by atoms with Crippen molar-refractivity contribution in [2.45, 2.75) is 45.4 Å². The van der Waals surface area contributed by atoms with Crippen molar-refractivity contribution in [3.63, 3.8) is 0 Å². The maximum Gasteiger partial charge on any atom is 0.336 e. The molecular formula is C16H19NO4. The molecule has 1 fully saturated rings. The Morgan fingerprint density at radius 2 is 2.05 bits per heavy atom. The first-order valence-electron chi connectivity index (χ1n) is 7.60. The van der Waals surface area contributed by atoms with Crippen molar-refractivity contribution < 1.29 is 14.0 Å². The number of nitrogens with zero attached hydrogens (tertiary/aromatic N) is 1. The fourth-order valence-corrected chi connectivity index (χ4v) is 2.96. The van der Waals surface area contributed by atoms with Crippen LogP contribution in [0.3, 0.4) is 0 Å². The summed E-state index contributed by atoms with van der Waals surface area (Å²) in [6, 6.07) is 1.41. The Kier molecular flexibility index (Phi) is 3.66. The van der Waals surface area contributed by atoms with Gasteiger partial charge in [-0.2, -0.15) is 0 Å². The molecule has 1 aromatic rings. The van der Waals surface area contributed by atoms with Gasteiger partial charge in [-0.05, 0) is 31.2 Å². The fraction of sp³-hybridized carbons (Fsp3) is 0.562. The van der Waals surface area contributed by atoms with E-state index in [1.54, 1.807) is 6.92 Å². The van der Waals surface area contributed by atoms with Crippen LogP contribution in [-0.2, 0) is 17.6 Å². The summed E-state index contributed by atoms with van der Waals surface area (Å²) >= 11 is 0. The number of imide groups is 1. The Balaban J connectivity index is 1.91. The van der Waals surface area contributed by atoms with Gasteiger partial charge < -0.3 is 4.42 Å². The highest BCUT2D eigenvalue weighted by Gasteiger charge is 2.34. The van der Waals surface area contributed by atoms with Crippen molar-refractivity contribution in [2.24, 2.45) is 5.92 Å². The lowest BCUT2D eigenvalue weighted by atomic mass is 9.96. The van der Waals surface area contributed by atoms with Crippen molar-refractivity contribution in [1.29, 1.82) is 0 Å². The molecule has 1 aromatic heterocycles. The van der Waals surface area contributed by atoms with Crippen molar-refractivity contribution in [1.82, 2.24) is 4.90 Å². The minimum absolute atomic E-state index is 0.000613. The molecule has 0 aromatic carbocycles. The molecule has 5 heteroatoms. The van der Waals surface area contributed by atoms with E-state index in [0.717, 1.165) is 24.3 Å². The van der Waals surface area contributed by atoms with E-state index in [4.69, 9.17) is 4.42 Å². The zero-order chi connectivity index (χ0) is 15.0. The Morgan fingerprint density at radius 3 is 2.71 bits per heavy atom. The van der Waals surface area contributed by atoms with Gasteiger partial charge in [0.15, 0.2) is 0 Å². The Morgan fingerprint density at radius 1 is 1.29 bits per heavy atom. The summed E-state index contributed by atoms with van der Waals surface area (Å²) < 4.78 is 5.09. The van der Waals surface area contributed by atoms with Crippen molar-refractivity contribution in [2.75, 3.05) is 6.54 Å². The maximum atomic E-state index is 12.4. The molecule has 0 spiro atoms. The summed E-state index contributed by atoms with van der Waals surface area (Å²) in [5.41, 5.74) is 0.699. The molecule has 1 aliphatic heterocycles. The average molecular weight is 289 g/mol. The molecule has 112 valence electrons. The predicted octanol–water partition coefficient (Wildman–Crippen LogP) is 1.92. The van der Waals surface area contributed by atoms with Gasteiger partial charge in [0.2, 0.25) is 5.91 Å². The lowest BCUT2D eigenvalue weighted by Gasteiger charge is -2.25. The summed E-state index contributed by atoms with van der Waals surface area (Å²) in [5, 5.41) is 0. The number of carbonyl (C=O) groups is 2. The second-order valence-corrected chi connectivity index (χ2v) is 5.84. The predicted molar refractivity (Wildman–Crippen MR) is 76.1 cm³/mol. The van der Waals surface area contributed by atoms with E-state index in [9.17, 15) is 14.4 Å². The molecular weight excluding hydrogens is 270 g/mol. The van der Waals surface area contributed by atoms with Crippen LogP contribution in [0.5, 0.6) is 0 Å². The molecule has 2 amide bonds. The van der Waals surface area contributed by atoms with Crippen LogP contribution in [0.1, 0.15) is 54.3 Å². The van der Waals surface area contributed by atoms with Crippen molar-refractivity contribution >= 4 is 11.8 Å². The molecule has 0 saturated heterocycles. The van der Waals surface area contributed by atoms with Crippen LogP contribution in [0, 0.1) is 5.92 Å². The highest BCUT2D eigenvalue weighted by atomic mass is 16.4. The standard InChI is InChI=1S/C16H19NO4/c1-2-17-13(18)9-12-15(16(17)20)11(8-14(19)21-12)5-3-4-10-6-7-10/h8,10H,2-7,9H2,1H3. The van der Waals surface area contributed by atoms with Gasteiger partial charge in [-0.25, -0.2) is 4.79 Å². The van der Waals surface area contributed by atoms with Crippen molar-refractivity contribution in [3.05, 3.63) is 33.4 Å². The van der Waals surface area contributed by atoms with Gasteiger partial charge in [0.25, 0.3) is 5.91 Å². The van der Waals surface area contributed by atoms with Gasteiger partial charge in [0.1, 0.15) is 5.76 Å². The van der Waals surface area contributed by atoms with E-state index in [0.29, 0.717) is 18.5 Å². The van der Waals surface area contributed by atoms with E-state index in [-0.39, 0.29) is 24.0 Å². The van der Waals surface area contributed by atoms with Crippen LogP contribution in [-0.4, -0.2) is 23.3 Å². The highest BCUT2D eigenvalue weighted by Crippen LogP contribution is 2.34. The number of hydrogen-bond donors (Lipinski definition) is 0. The van der Waals surface area contributed by atoms with Crippen LogP contribution in [0.4, 0.5) is 0 Å². The number of amides is 2. The largest absolute Gasteiger partial charge is 0.426 e. The van der Waals surface area contributed by atoms with Gasteiger partial charge >= 0.3 is 5.63 Å². The van der Waals surface area contributed by atoms with E-state index in [2.05, 4.69) is 0 Å². The van der Waals surface area contributed by atoms with Crippen LogP contribution in [0.2, 0.25) is 0 Å². The highest BCUT2D eigenvalue weighted by molar-refractivity contribution is 6.09. The van der Waals surface area contributed by atoms with Crippen LogP contribution < -0.4 is 5.63 Å². The normalized spacial score (nSPS) is 18.0. The number of aryl methyl sites for hydroxylation is 1. The van der Waals surface area contributed by atoms with E-state index < -0.39 is 5.63 Å². The molecule has 0 atom stereocenters. The maximum absolute atomic E-state index is 12.4. The topological polar surface area (TPSA) is 67.6 Å². The Bertz CT molecular complexity index is 642. The fourth-order valence-electron chi connectivity index (χ4n) is 2.96. The van der Waals surface area contributed by atoms with E-state index in [1.165, 1.54) is 23.8 Å². The number of carbonyl (C=O) groups excluding carboxylic acids is 2. The molecule has 0 bridgehead atoms. The summed E-state index contributed by atoms with van der Waals surface area (Å²) in [6.07, 6.45) is 5.40. The monoisotopic (exact) mass is 289 g/mol. The smallest absolute Gasteiger partial charge is 0.336 e. The van der Waals surface area contributed by atoms with Gasteiger partial charge in [-0.1, -0.05) is 19.3 Å². The summed E-state index contributed by atoms with van der Waals surface area (Å²) in [7, 11) is 0. The number of likely N-dealkylation sites (N-methyl/N-ethyl adjacent to an activating group) is 1. The quantitative estimate of drug-likeness (QED) is 0.777. The first-order chi connectivity index (χ1) is 10.1. The first-order valence-corrected chi connectivity index (χ1v) is 7.60. The molecule has 0 N–H and O–H groups in total. The Labute approximate surface area is 122 Å². The molecule has 0 radical (unpaired) electrons.